The van der Waals surface area contributed by atoms with Crippen LogP contribution in [0.3, 0.4) is 0 Å². The number of hydrogen-bond acceptors (Lipinski definition) is 11. The van der Waals surface area contributed by atoms with Crippen LogP contribution in [0.25, 0.3) is 0 Å². The van der Waals surface area contributed by atoms with Crippen LogP contribution in [0, 0.1) is 0 Å². The van der Waals surface area contributed by atoms with Gasteiger partial charge in [0, 0.05) is 19.3 Å². The molecule has 12 heteroatoms. The fourth-order valence-electron chi connectivity index (χ4n) is 8.54. The molecule has 1 aliphatic rings. The topological polar surface area (TPSA) is 175 Å². The molecule has 0 saturated carbocycles. The number of aliphatic hydroxyl groups excluding tert-OH is 2. The summed E-state index contributed by atoms with van der Waals surface area (Å²) in [6.07, 6.45) is 43.8. The summed E-state index contributed by atoms with van der Waals surface area (Å²) in [5.41, 5.74) is 0. The standard InChI is InChI=1S/C59H102O12/c1-4-7-10-13-16-19-21-23-25-26-28-30-32-35-38-41-44-47-53(62)70-57-55(64)54(63)56(58(65)66)71-59(57)68-49-50(69-52(61)46-43-40-37-33-18-15-12-9-6-3)48-67-51(60)45-42-39-36-34-31-29-27-24-22-20-17-14-11-8-5-2/h7,10,16,19,23,25,28,30,50,54-57,59,63-64H,4-6,8-9,11-15,17-18,20-22,24,26-27,29,31-49H2,1-3H3,(H,65,66)/b10-7-,19-16-,25-23-,30-28-. The maximum absolute atomic E-state index is 13.0. The van der Waals surface area contributed by atoms with Gasteiger partial charge in [-0.25, -0.2) is 4.79 Å². The maximum Gasteiger partial charge on any atom is 0.335 e. The average molecular weight is 1000 g/mol. The van der Waals surface area contributed by atoms with Gasteiger partial charge in [-0.3, -0.25) is 14.4 Å². The molecule has 0 aromatic heterocycles. The Bertz CT molecular complexity index is 1420. The Morgan fingerprint density at radius 1 is 0.479 bits per heavy atom. The number of carboxylic acid groups (broad SMARTS) is 1. The molecule has 1 aliphatic heterocycles. The van der Waals surface area contributed by atoms with Crippen LogP contribution >= 0.6 is 0 Å². The highest BCUT2D eigenvalue weighted by Gasteiger charge is 2.50. The number of unbranched alkanes of at least 4 members (excludes halogenated alkanes) is 26. The van der Waals surface area contributed by atoms with Crippen molar-refractivity contribution < 1.29 is 58.2 Å². The Morgan fingerprint density at radius 2 is 0.887 bits per heavy atom. The number of aliphatic carboxylic acids is 1. The lowest BCUT2D eigenvalue weighted by atomic mass is 9.98. The van der Waals surface area contributed by atoms with Gasteiger partial charge < -0.3 is 39.0 Å². The number of allylic oxidation sites excluding steroid dienone is 8. The summed E-state index contributed by atoms with van der Waals surface area (Å²) in [5, 5.41) is 31.4. The van der Waals surface area contributed by atoms with Crippen molar-refractivity contribution in [3.8, 4) is 0 Å². The number of carbonyl (C=O) groups is 4. The minimum atomic E-state index is -1.91. The highest BCUT2D eigenvalue weighted by Crippen LogP contribution is 2.26. The van der Waals surface area contributed by atoms with Gasteiger partial charge in [0.2, 0.25) is 0 Å². The van der Waals surface area contributed by atoms with Crippen molar-refractivity contribution in [2.45, 2.75) is 289 Å². The van der Waals surface area contributed by atoms with E-state index in [1.165, 1.54) is 103 Å². The second-order valence-corrected chi connectivity index (χ2v) is 19.6. The summed E-state index contributed by atoms with van der Waals surface area (Å²) in [6, 6.07) is 0. The number of carbonyl (C=O) groups excluding carboxylic acids is 3. The molecule has 1 heterocycles. The van der Waals surface area contributed by atoms with E-state index in [2.05, 4.69) is 69.4 Å². The van der Waals surface area contributed by atoms with Gasteiger partial charge in [-0.2, -0.15) is 0 Å². The van der Waals surface area contributed by atoms with Crippen LogP contribution in [-0.2, 0) is 42.9 Å². The largest absolute Gasteiger partial charge is 0.479 e. The summed E-state index contributed by atoms with van der Waals surface area (Å²) >= 11 is 0. The Hall–Kier alpha value is -3.32. The van der Waals surface area contributed by atoms with Gasteiger partial charge in [-0.05, 0) is 57.8 Å². The zero-order chi connectivity index (χ0) is 51.8. The number of rotatable bonds is 48. The van der Waals surface area contributed by atoms with E-state index in [0.29, 0.717) is 19.3 Å². The van der Waals surface area contributed by atoms with Gasteiger partial charge in [0.1, 0.15) is 18.8 Å². The van der Waals surface area contributed by atoms with E-state index in [1.807, 2.05) is 0 Å². The van der Waals surface area contributed by atoms with E-state index >= 15 is 0 Å². The molecule has 1 rings (SSSR count). The highest BCUT2D eigenvalue weighted by molar-refractivity contribution is 5.74. The van der Waals surface area contributed by atoms with E-state index < -0.39 is 67.3 Å². The van der Waals surface area contributed by atoms with Crippen LogP contribution in [0.15, 0.2) is 48.6 Å². The second-order valence-electron chi connectivity index (χ2n) is 19.6. The summed E-state index contributed by atoms with van der Waals surface area (Å²) in [4.78, 5) is 50.9. The van der Waals surface area contributed by atoms with E-state index in [0.717, 1.165) is 89.9 Å². The van der Waals surface area contributed by atoms with Gasteiger partial charge in [0.15, 0.2) is 24.6 Å². The smallest absolute Gasteiger partial charge is 0.335 e. The molecule has 0 radical (unpaired) electrons. The van der Waals surface area contributed by atoms with Gasteiger partial charge >= 0.3 is 23.9 Å². The van der Waals surface area contributed by atoms with Gasteiger partial charge in [0.25, 0.3) is 0 Å². The number of ether oxygens (including phenoxy) is 5. The fourth-order valence-corrected chi connectivity index (χ4v) is 8.54. The lowest BCUT2D eigenvalue weighted by molar-refractivity contribution is -0.301. The molecule has 0 aliphatic carbocycles. The van der Waals surface area contributed by atoms with Crippen molar-refractivity contribution in [1.29, 1.82) is 0 Å². The zero-order valence-electron chi connectivity index (χ0n) is 45.0. The first-order valence-electron chi connectivity index (χ1n) is 28.6. The van der Waals surface area contributed by atoms with Crippen LogP contribution in [0.1, 0.15) is 252 Å². The van der Waals surface area contributed by atoms with Crippen LogP contribution in [0.2, 0.25) is 0 Å². The number of aliphatic hydroxyl groups is 2. The van der Waals surface area contributed by atoms with E-state index in [9.17, 15) is 34.5 Å². The molecule has 0 amide bonds. The monoisotopic (exact) mass is 1000 g/mol. The molecule has 6 atom stereocenters. The maximum atomic E-state index is 13.0. The molecule has 1 saturated heterocycles. The van der Waals surface area contributed by atoms with Crippen LogP contribution < -0.4 is 0 Å². The van der Waals surface area contributed by atoms with Gasteiger partial charge in [0.05, 0.1) is 6.61 Å². The molecular weight excluding hydrogens is 901 g/mol. The van der Waals surface area contributed by atoms with E-state index in [1.54, 1.807) is 0 Å². The minimum Gasteiger partial charge on any atom is -0.479 e. The molecule has 0 aromatic rings. The predicted octanol–water partition coefficient (Wildman–Crippen LogP) is 14.2. The normalized spacial score (nSPS) is 18.8. The van der Waals surface area contributed by atoms with E-state index in [-0.39, 0.29) is 25.9 Å². The molecule has 0 aromatic carbocycles. The Balaban J connectivity index is 2.67. The molecule has 0 spiro atoms. The Kier molecular flexibility index (Phi) is 44.1. The Morgan fingerprint density at radius 3 is 1.35 bits per heavy atom. The molecule has 1 fully saturated rings. The number of carboxylic acids is 1. The Labute approximate surface area is 431 Å². The summed E-state index contributed by atoms with van der Waals surface area (Å²) in [5.74, 6) is -3.13. The van der Waals surface area contributed by atoms with Crippen LogP contribution in [0.4, 0.5) is 0 Å². The van der Waals surface area contributed by atoms with Crippen molar-refractivity contribution in [1.82, 2.24) is 0 Å². The molecule has 3 N–H and O–H groups in total. The predicted molar refractivity (Wildman–Crippen MR) is 285 cm³/mol. The molecule has 6 unspecified atom stereocenters. The molecule has 0 bridgehead atoms. The SMILES string of the molecule is CC/C=C\C/C=C\C/C=C\C/C=C\CCCCCCC(=O)OC1C(OCC(COC(=O)CCCCCCCCCCCCCCCCC)OC(=O)CCCCCCCCCCC)OC(C(=O)O)C(O)C1O. The van der Waals surface area contributed by atoms with E-state index in [4.69, 9.17) is 23.7 Å². The third kappa shape index (κ3) is 38.0. The van der Waals surface area contributed by atoms with Crippen LogP contribution in [0.5, 0.6) is 0 Å². The average Bonchev–Trinajstić information content (AvgIpc) is 3.35. The summed E-state index contributed by atoms with van der Waals surface area (Å²) < 4.78 is 28.3. The van der Waals surface area contributed by atoms with Crippen molar-refractivity contribution in [2.75, 3.05) is 13.2 Å². The second kappa shape index (κ2) is 47.7. The zero-order valence-corrected chi connectivity index (χ0v) is 45.0. The van der Waals surface area contributed by atoms with Crippen molar-refractivity contribution in [3.63, 3.8) is 0 Å². The van der Waals surface area contributed by atoms with Crippen molar-refractivity contribution in [3.05, 3.63) is 48.6 Å². The lowest BCUT2D eigenvalue weighted by Crippen LogP contribution is -2.61. The third-order valence-corrected chi connectivity index (χ3v) is 12.9. The third-order valence-electron chi connectivity index (χ3n) is 12.9. The first-order chi connectivity index (χ1) is 34.6. The van der Waals surface area contributed by atoms with Gasteiger partial charge in [-0.1, -0.05) is 223 Å². The lowest BCUT2D eigenvalue weighted by Gasteiger charge is -2.40. The molecule has 12 nitrogen and oxygen atoms in total. The molecule has 71 heavy (non-hydrogen) atoms. The number of hydrogen-bond donors (Lipinski definition) is 3. The van der Waals surface area contributed by atoms with Crippen molar-refractivity contribution >= 4 is 23.9 Å². The first kappa shape index (κ1) is 65.7. The van der Waals surface area contributed by atoms with Gasteiger partial charge in [-0.15, -0.1) is 0 Å². The molecule has 410 valence electrons. The fraction of sp³-hybridized carbons (Fsp3) is 0.797. The minimum absolute atomic E-state index is 0.0345. The van der Waals surface area contributed by atoms with Crippen molar-refractivity contribution in [2.24, 2.45) is 0 Å². The van der Waals surface area contributed by atoms with Crippen LogP contribution in [-0.4, -0.2) is 89.2 Å². The number of esters is 3. The summed E-state index contributed by atoms with van der Waals surface area (Å²) in [6.45, 7) is 5.85. The quantitative estimate of drug-likeness (QED) is 0.0228. The highest BCUT2D eigenvalue weighted by atomic mass is 16.7. The first-order valence-corrected chi connectivity index (χ1v) is 28.6. The summed E-state index contributed by atoms with van der Waals surface area (Å²) in [7, 11) is 0. The molecular formula is C59H102O12.